The summed E-state index contributed by atoms with van der Waals surface area (Å²) in [4.78, 5) is 37.1. The van der Waals surface area contributed by atoms with E-state index >= 15 is 0 Å². The highest BCUT2D eigenvalue weighted by Crippen LogP contribution is 2.32. The van der Waals surface area contributed by atoms with E-state index in [1.54, 1.807) is 6.20 Å². The molecule has 6 rings (SSSR count). The standard InChI is InChI=1S/C33H34N6O3S/c1-4-21(5-2)18-39-20(3)25(17-34-39)23-13-14-29(36-30(23)32(41)42)38-16-15-22-9-8-10-24(26(22)19-38)31(40)37-33-35-27-11-6-7-12-28(27)43-33/h6-14,17,21H,4-5,15-16,18-19H2,1-3H3,(H,41,42)(H,35,37,40). The van der Waals surface area contributed by atoms with E-state index in [9.17, 15) is 14.7 Å². The predicted molar refractivity (Wildman–Crippen MR) is 170 cm³/mol. The third kappa shape index (κ3) is 5.62. The van der Waals surface area contributed by atoms with Crippen molar-refractivity contribution in [1.82, 2.24) is 19.7 Å². The Morgan fingerprint density at radius 1 is 1.02 bits per heavy atom. The molecule has 4 heterocycles. The van der Waals surface area contributed by atoms with Gasteiger partial charge in [-0.1, -0.05) is 62.3 Å². The fourth-order valence-corrected chi connectivity index (χ4v) is 6.63. The summed E-state index contributed by atoms with van der Waals surface area (Å²) in [7, 11) is 0. The molecule has 2 aromatic carbocycles. The van der Waals surface area contributed by atoms with Crippen LogP contribution in [0.25, 0.3) is 21.3 Å². The van der Waals surface area contributed by atoms with Crippen LogP contribution in [0.5, 0.6) is 0 Å². The minimum atomic E-state index is -1.09. The molecule has 0 fully saturated rings. The van der Waals surface area contributed by atoms with Gasteiger partial charge in [0.05, 0.1) is 16.4 Å². The van der Waals surface area contributed by atoms with Crippen molar-refractivity contribution in [3.63, 3.8) is 0 Å². The molecule has 10 heteroatoms. The number of carboxylic acids is 1. The number of para-hydroxylation sites is 1. The molecule has 5 aromatic rings. The summed E-state index contributed by atoms with van der Waals surface area (Å²) in [5.41, 5.74) is 5.70. The van der Waals surface area contributed by atoms with Gasteiger partial charge in [0.1, 0.15) is 5.82 Å². The average Bonchev–Trinajstić information content (AvgIpc) is 3.60. The summed E-state index contributed by atoms with van der Waals surface area (Å²) in [5, 5.41) is 18.3. The van der Waals surface area contributed by atoms with E-state index in [4.69, 9.17) is 0 Å². The Morgan fingerprint density at radius 2 is 1.84 bits per heavy atom. The molecule has 3 aromatic heterocycles. The average molecular weight is 595 g/mol. The quantitative estimate of drug-likeness (QED) is 0.193. The van der Waals surface area contributed by atoms with Crippen LogP contribution in [-0.2, 0) is 19.5 Å². The number of fused-ring (bicyclic) bond motifs is 2. The Kier molecular flexibility index (Phi) is 7.94. The second-order valence-electron chi connectivity index (χ2n) is 10.9. The summed E-state index contributed by atoms with van der Waals surface area (Å²) in [6.07, 6.45) is 4.58. The Bertz CT molecular complexity index is 1790. The molecule has 2 N–H and O–H groups in total. The van der Waals surface area contributed by atoms with Gasteiger partial charge in [0, 0.05) is 42.0 Å². The van der Waals surface area contributed by atoms with Crippen LogP contribution in [0.3, 0.4) is 0 Å². The fourth-order valence-electron chi connectivity index (χ4n) is 5.77. The van der Waals surface area contributed by atoms with Gasteiger partial charge in [-0.15, -0.1) is 0 Å². The summed E-state index contributed by atoms with van der Waals surface area (Å²) < 4.78 is 2.98. The zero-order chi connectivity index (χ0) is 30.1. The lowest BCUT2D eigenvalue weighted by Crippen LogP contribution is -2.33. The van der Waals surface area contributed by atoms with Crippen LogP contribution in [0.4, 0.5) is 10.9 Å². The molecule has 43 heavy (non-hydrogen) atoms. The van der Waals surface area contributed by atoms with Crippen LogP contribution in [0.15, 0.2) is 60.8 Å². The number of anilines is 2. The minimum absolute atomic E-state index is 0.00431. The molecule has 0 saturated carbocycles. The van der Waals surface area contributed by atoms with Gasteiger partial charge in [-0.3, -0.25) is 14.8 Å². The number of thiazole rings is 1. The van der Waals surface area contributed by atoms with Gasteiger partial charge in [-0.25, -0.2) is 14.8 Å². The molecule has 220 valence electrons. The van der Waals surface area contributed by atoms with Gasteiger partial charge in [-0.2, -0.15) is 5.10 Å². The van der Waals surface area contributed by atoms with Gasteiger partial charge < -0.3 is 10.0 Å². The largest absolute Gasteiger partial charge is 0.476 e. The number of hydrogen-bond acceptors (Lipinski definition) is 7. The Hall–Kier alpha value is -4.57. The molecule has 9 nitrogen and oxygen atoms in total. The zero-order valence-electron chi connectivity index (χ0n) is 24.5. The number of carboxylic acid groups (broad SMARTS) is 1. The van der Waals surface area contributed by atoms with Gasteiger partial charge in [0.15, 0.2) is 10.8 Å². The zero-order valence-corrected chi connectivity index (χ0v) is 25.3. The van der Waals surface area contributed by atoms with Crippen LogP contribution >= 0.6 is 11.3 Å². The molecular weight excluding hydrogens is 560 g/mol. The van der Waals surface area contributed by atoms with E-state index in [0.29, 0.717) is 47.5 Å². The molecule has 0 radical (unpaired) electrons. The van der Waals surface area contributed by atoms with E-state index in [-0.39, 0.29) is 11.6 Å². The maximum atomic E-state index is 13.4. The number of nitrogens with one attached hydrogen (secondary N) is 1. The first kappa shape index (κ1) is 28.5. The number of aromatic nitrogens is 4. The fraction of sp³-hybridized carbons (Fsp3) is 0.303. The smallest absolute Gasteiger partial charge is 0.355 e. The number of amides is 1. The lowest BCUT2D eigenvalue weighted by atomic mass is 9.94. The molecular formula is C33H34N6O3S. The third-order valence-corrected chi connectivity index (χ3v) is 9.37. The number of benzene rings is 2. The topological polar surface area (TPSA) is 113 Å². The number of carbonyl (C=O) groups excluding carboxylic acids is 1. The first-order valence-corrected chi connectivity index (χ1v) is 15.5. The molecule has 1 aliphatic heterocycles. The van der Waals surface area contributed by atoms with Gasteiger partial charge in [-0.05, 0) is 60.7 Å². The molecule has 0 bridgehead atoms. The van der Waals surface area contributed by atoms with Crippen LogP contribution in [0, 0.1) is 12.8 Å². The molecule has 1 amide bonds. The first-order chi connectivity index (χ1) is 20.9. The van der Waals surface area contributed by atoms with Crippen LogP contribution in [0.2, 0.25) is 0 Å². The van der Waals surface area contributed by atoms with E-state index < -0.39 is 5.97 Å². The molecule has 0 aliphatic carbocycles. The summed E-state index contributed by atoms with van der Waals surface area (Å²) in [6, 6.07) is 17.3. The maximum Gasteiger partial charge on any atom is 0.355 e. The van der Waals surface area contributed by atoms with Gasteiger partial charge in [0.2, 0.25) is 0 Å². The van der Waals surface area contributed by atoms with Gasteiger partial charge in [0.25, 0.3) is 5.91 Å². The molecule has 0 unspecified atom stereocenters. The number of carbonyl (C=O) groups is 2. The lowest BCUT2D eigenvalue weighted by molar-refractivity contribution is 0.0691. The second-order valence-corrected chi connectivity index (χ2v) is 12.0. The van der Waals surface area contributed by atoms with Crippen molar-refractivity contribution >= 4 is 44.4 Å². The van der Waals surface area contributed by atoms with Crippen LogP contribution in [0.1, 0.15) is 64.4 Å². The predicted octanol–water partition coefficient (Wildman–Crippen LogP) is 6.81. The molecule has 0 spiro atoms. The van der Waals surface area contributed by atoms with E-state index in [0.717, 1.165) is 52.0 Å². The molecule has 0 atom stereocenters. The van der Waals surface area contributed by atoms with Crippen molar-refractivity contribution in [2.75, 3.05) is 16.8 Å². The Labute approximate surface area is 254 Å². The number of hydrogen-bond donors (Lipinski definition) is 2. The number of pyridine rings is 1. The minimum Gasteiger partial charge on any atom is -0.476 e. The second kappa shape index (κ2) is 12.0. The summed E-state index contributed by atoms with van der Waals surface area (Å²) in [6.45, 7) is 8.23. The molecule has 1 aliphatic rings. The first-order valence-electron chi connectivity index (χ1n) is 14.7. The monoisotopic (exact) mass is 594 g/mol. The van der Waals surface area contributed by atoms with Crippen molar-refractivity contribution in [2.45, 2.75) is 53.1 Å². The number of aromatic carboxylic acids is 1. The highest BCUT2D eigenvalue weighted by atomic mass is 32.1. The van der Waals surface area contributed by atoms with E-state index in [1.807, 2.05) is 71.1 Å². The van der Waals surface area contributed by atoms with Crippen molar-refractivity contribution in [3.05, 3.63) is 88.9 Å². The SMILES string of the molecule is CCC(CC)Cn1ncc(-c2ccc(N3CCc4cccc(C(=O)Nc5nc6ccccc6s5)c4C3)nc2C(=O)O)c1C. The summed E-state index contributed by atoms with van der Waals surface area (Å²) >= 11 is 1.44. The van der Waals surface area contributed by atoms with Crippen molar-refractivity contribution in [2.24, 2.45) is 5.92 Å². The van der Waals surface area contributed by atoms with Crippen molar-refractivity contribution in [3.8, 4) is 11.1 Å². The lowest BCUT2D eigenvalue weighted by Gasteiger charge is -2.31. The molecule has 0 saturated heterocycles. The third-order valence-electron chi connectivity index (χ3n) is 8.42. The van der Waals surface area contributed by atoms with E-state index in [1.165, 1.54) is 11.3 Å². The van der Waals surface area contributed by atoms with Crippen LogP contribution < -0.4 is 10.2 Å². The summed E-state index contributed by atoms with van der Waals surface area (Å²) in [5.74, 6) is -0.221. The Balaban J connectivity index is 1.26. The maximum absolute atomic E-state index is 13.4. The number of rotatable bonds is 9. The normalized spacial score (nSPS) is 13.0. The highest BCUT2D eigenvalue weighted by molar-refractivity contribution is 7.22. The van der Waals surface area contributed by atoms with Crippen LogP contribution in [-0.4, -0.2) is 43.3 Å². The van der Waals surface area contributed by atoms with Crippen molar-refractivity contribution < 1.29 is 14.7 Å². The van der Waals surface area contributed by atoms with E-state index in [2.05, 4.69) is 34.2 Å². The Morgan fingerprint density at radius 3 is 2.60 bits per heavy atom. The van der Waals surface area contributed by atoms with Crippen molar-refractivity contribution in [1.29, 1.82) is 0 Å². The van der Waals surface area contributed by atoms with Gasteiger partial charge >= 0.3 is 5.97 Å². The number of nitrogens with zero attached hydrogens (tertiary/aromatic N) is 5. The highest BCUT2D eigenvalue weighted by Gasteiger charge is 2.26.